The summed E-state index contributed by atoms with van der Waals surface area (Å²) in [6, 6.07) is 10.6. The molecular weight excluding hydrogens is 381 g/mol. The van der Waals surface area contributed by atoms with Gasteiger partial charge in [-0.05, 0) is 36.8 Å². The average Bonchev–Trinajstić information content (AvgIpc) is 2.46. The Labute approximate surface area is 144 Å². The Balaban J connectivity index is 0.00000361. The van der Waals surface area contributed by atoms with Crippen molar-refractivity contribution in [2.45, 2.75) is 19.3 Å². The van der Waals surface area contributed by atoms with E-state index in [9.17, 15) is 0 Å². The summed E-state index contributed by atoms with van der Waals surface area (Å²) in [6.07, 6.45) is 5.54. The van der Waals surface area contributed by atoms with E-state index in [2.05, 4.69) is 52.2 Å². The highest BCUT2D eigenvalue weighted by atomic mass is 127. The molecule has 1 aromatic rings. The first kappa shape index (κ1) is 19.6. The van der Waals surface area contributed by atoms with Crippen molar-refractivity contribution in [3.8, 4) is 0 Å². The Morgan fingerprint density at radius 3 is 2.35 bits per heavy atom. The van der Waals surface area contributed by atoms with E-state index in [1.807, 2.05) is 18.8 Å². The second-order valence-electron chi connectivity index (χ2n) is 4.36. The lowest BCUT2D eigenvalue weighted by Gasteiger charge is -2.11. The summed E-state index contributed by atoms with van der Waals surface area (Å²) in [5.41, 5.74) is 1.40. The topological polar surface area (TPSA) is 36.4 Å². The predicted octanol–water partition coefficient (Wildman–Crippen LogP) is 3.16. The Bertz CT molecular complexity index is 357. The zero-order chi connectivity index (χ0) is 13.8. The highest BCUT2D eigenvalue weighted by Crippen LogP contribution is 2.01. The Morgan fingerprint density at radius 2 is 1.75 bits per heavy atom. The molecule has 20 heavy (non-hydrogen) atoms. The predicted molar refractivity (Wildman–Crippen MR) is 103 cm³/mol. The second kappa shape index (κ2) is 13.5. The van der Waals surface area contributed by atoms with Gasteiger partial charge in [-0.25, -0.2) is 0 Å². The molecule has 2 N–H and O–H groups in total. The van der Waals surface area contributed by atoms with Gasteiger partial charge in [-0.3, -0.25) is 4.99 Å². The minimum absolute atomic E-state index is 0. The molecule has 0 aliphatic rings. The monoisotopic (exact) mass is 407 g/mol. The van der Waals surface area contributed by atoms with E-state index in [-0.39, 0.29) is 24.0 Å². The number of rotatable bonds is 8. The fraction of sp³-hybridized carbons (Fsp3) is 0.533. The molecule has 0 fully saturated rings. The molecule has 5 heteroatoms. The molecule has 0 radical (unpaired) electrons. The number of nitrogens with one attached hydrogen (secondary N) is 2. The van der Waals surface area contributed by atoms with Gasteiger partial charge in [0, 0.05) is 20.1 Å². The van der Waals surface area contributed by atoms with Crippen molar-refractivity contribution in [3.05, 3.63) is 35.9 Å². The van der Waals surface area contributed by atoms with Crippen molar-refractivity contribution in [1.29, 1.82) is 0 Å². The number of thioether (sulfide) groups is 1. The summed E-state index contributed by atoms with van der Waals surface area (Å²) in [5, 5.41) is 6.68. The van der Waals surface area contributed by atoms with Gasteiger partial charge in [0.05, 0.1) is 0 Å². The van der Waals surface area contributed by atoms with E-state index in [4.69, 9.17) is 0 Å². The van der Waals surface area contributed by atoms with Crippen LogP contribution in [0.5, 0.6) is 0 Å². The second-order valence-corrected chi connectivity index (χ2v) is 5.35. The van der Waals surface area contributed by atoms with Gasteiger partial charge in [-0.15, -0.1) is 24.0 Å². The van der Waals surface area contributed by atoms with Gasteiger partial charge in [0.25, 0.3) is 0 Å². The maximum absolute atomic E-state index is 4.22. The number of benzene rings is 1. The number of aliphatic imine (C=N–C) groups is 1. The maximum atomic E-state index is 4.22. The van der Waals surface area contributed by atoms with Crippen LogP contribution in [-0.4, -0.2) is 38.1 Å². The van der Waals surface area contributed by atoms with Crippen molar-refractivity contribution in [2.24, 2.45) is 4.99 Å². The van der Waals surface area contributed by atoms with Gasteiger partial charge in [-0.1, -0.05) is 30.3 Å². The molecule has 0 spiro atoms. The summed E-state index contributed by atoms with van der Waals surface area (Å²) in [5.74, 6) is 2.10. The van der Waals surface area contributed by atoms with Crippen LogP contribution in [0.1, 0.15) is 18.4 Å². The van der Waals surface area contributed by atoms with E-state index in [1.165, 1.54) is 17.7 Å². The minimum Gasteiger partial charge on any atom is -0.356 e. The largest absolute Gasteiger partial charge is 0.356 e. The molecular formula is C15H26IN3S. The number of nitrogens with zero attached hydrogens (tertiary/aromatic N) is 1. The first-order valence-corrected chi connectivity index (χ1v) is 8.23. The molecule has 0 heterocycles. The fourth-order valence-electron chi connectivity index (χ4n) is 1.79. The third-order valence-electron chi connectivity index (χ3n) is 2.82. The van der Waals surface area contributed by atoms with Crippen LogP contribution in [0.3, 0.4) is 0 Å². The summed E-state index contributed by atoms with van der Waals surface area (Å²) < 4.78 is 0. The summed E-state index contributed by atoms with van der Waals surface area (Å²) in [4.78, 5) is 4.22. The lowest BCUT2D eigenvalue weighted by atomic mass is 10.1. The van der Waals surface area contributed by atoms with Gasteiger partial charge in [0.15, 0.2) is 5.96 Å². The molecule has 0 atom stereocenters. The van der Waals surface area contributed by atoms with E-state index >= 15 is 0 Å². The van der Waals surface area contributed by atoms with Crippen LogP contribution in [0.25, 0.3) is 0 Å². The summed E-state index contributed by atoms with van der Waals surface area (Å²) >= 11 is 1.88. The van der Waals surface area contributed by atoms with Crippen LogP contribution in [0.4, 0.5) is 0 Å². The molecule has 0 aliphatic carbocycles. The normalized spacial score (nSPS) is 10.8. The van der Waals surface area contributed by atoms with Crippen LogP contribution in [0.2, 0.25) is 0 Å². The third-order valence-corrected chi connectivity index (χ3v) is 3.52. The molecule has 0 aromatic heterocycles. The van der Waals surface area contributed by atoms with Crippen molar-refractivity contribution < 1.29 is 0 Å². The molecule has 1 rings (SSSR count). The third kappa shape index (κ3) is 9.47. The van der Waals surface area contributed by atoms with Crippen LogP contribution >= 0.6 is 35.7 Å². The number of aryl methyl sites for hydroxylation is 1. The molecule has 114 valence electrons. The summed E-state index contributed by atoms with van der Waals surface area (Å²) in [6.45, 7) is 1.94. The van der Waals surface area contributed by atoms with Crippen LogP contribution in [-0.2, 0) is 6.42 Å². The minimum atomic E-state index is 0. The quantitative estimate of drug-likeness (QED) is 0.301. The highest BCUT2D eigenvalue weighted by molar-refractivity contribution is 14.0. The van der Waals surface area contributed by atoms with E-state index < -0.39 is 0 Å². The van der Waals surface area contributed by atoms with Gasteiger partial charge in [0.2, 0.25) is 0 Å². The van der Waals surface area contributed by atoms with Gasteiger partial charge < -0.3 is 10.6 Å². The number of hydrogen-bond donors (Lipinski definition) is 2. The van der Waals surface area contributed by atoms with Crippen molar-refractivity contribution >= 4 is 41.7 Å². The SMILES string of the molecule is CN=C(NCCCSC)NCCCc1ccccc1.I. The zero-order valence-electron chi connectivity index (χ0n) is 12.4. The van der Waals surface area contributed by atoms with Gasteiger partial charge >= 0.3 is 0 Å². The van der Waals surface area contributed by atoms with E-state index in [0.717, 1.165) is 31.9 Å². The van der Waals surface area contributed by atoms with Gasteiger partial charge in [0.1, 0.15) is 0 Å². The maximum Gasteiger partial charge on any atom is 0.190 e. The standard InChI is InChI=1S/C15H25N3S.HI/c1-16-15(18-12-7-13-19-2)17-11-6-10-14-8-4-3-5-9-14;/h3-5,8-9H,6-7,10-13H2,1-2H3,(H2,16,17,18);1H. The number of guanidine groups is 1. The van der Waals surface area contributed by atoms with Crippen molar-refractivity contribution in [2.75, 3.05) is 32.1 Å². The Kier molecular flexibility index (Phi) is 13.3. The molecule has 0 saturated carbocycles. The van der Waals surface area contributed by atoms with Crippen molar-refractivity contribution in [3.63, 3.8) is 0 Å². The molecule has 0 aliphatic heterocycles. The molecule has 0 saturated heterocycles. The lowest BCUT2D eigenvalue weighted by Crippen LogP contribution is -2.38. The fourth-order valence-corrected chi connectivity index (χ4v) is 2.22. The van der Waals surface area contributed by atoms with Crippen LogP contribution in [0, 0.1) is 0 Å². The number of hydrogen-bond acceptors (Lipinski definition) is 2. The summed E-state index contributed by atoms with van der Waals surface area (Å²) in [7, 11) is 1.82. The molecule has 0 amide bonds. The van der Waals surface area contributed by atoms with E-state index in [0.29, 0.717) is 0 Å². The zero-order valence-corrected chi connectivity index (χ0v) is 15.5. The average molecular weight is 407 g/mol. The molecule has 0 bridgehead atoms. The molecule has 0 unspecified atom stereocenters. The van der Waals surface area contributed by atoms with Crippen LogP contribution < -0.4 is 10.6 Å². The lowest BCUT2D eigenvalue weighted by molar-refractivity contribution is 0.736. The molecule has 3 nitrogen and oxygen atoms in total. The highest BCUT2D eigenvalue weighted by Gasteiger charge is 1.97. The first-order valence-electron chi connectivity index (χ1n) is 6.84. The Hall–Kier alpha value is -0.430. The Morgan fingerprint density at radius 1 is 1.10 bits per heavy atom. The smallest absolute Gasteiger partial charge is 0.190 e. The molecule has 1 aromatic carbocycles. The van der Waals surface area contributed by atoms with Crippen LogP contribution in [0.15, 0.2) is 35.3 Å². The van der Waals surface area contributed by atoms with Crippen molar-refractivity contribution in [1.82, 2.24) is 10.6 Å². The van der Waals surface area contributed by atoms with E-state index in [1.54, 1.807) is 0 Å². The number of halogens is 1. The first-order chi connectivity index (χ1) is 9.36. The van der Waals surface area contributed by atoms with Gasteiger partial charge in [-0.2, -0.15) is 11.8 Å².